The maximum absolute atomic E-state index is 16.1. The van der Waals surface area contributed by atoms with Crippen LogP contribution < -0.4 is 70.0 Å². The zero-order valence-corrected chi connectivity index (χ0v) is 60.8. The minimum Gasteiger partial charge on any atom is -0.508 e. The van der Waals surface area contributed by atoms with Crippen LogP contribution in [-0.2, 0) is 81.6 Å². The summed E-state index contributed by atoms with van der Waals surface area (Å²) in [5.74, 6) is -14.0. The summed E-state index contributed by atoms with van der Waals surface area (Å²) in [5.41, 5.74) is 12.5. The number of primary amides is 1. The molecule has 9 rings (SSSR count). The van der Waals surface area contributed by atoms with Gasteiger partial charge >= 0.3 is 5.97 Å². The number of rotatable bonds is 17. The smallest absolute Gasteiger partial charge is 0.305 e. The van der Waals surface area contributed by atoms with Crippen molar-refractivity contribution in [1.29, 1.82) is 0 Å². The van der Waals surface area contributed by atoms with Gasteiger partial charge in [-0.1, -0.05) is 44.2 Å². The third-order valence-electron chi connectivity index (χ3n) is 21.6. The molecule has 5 aliphatic rings. The van der Waals surface area contributed by atoms with Crippen molar-refractivity contribution in [2.24, 2.45) is 29.2 Å². The predicted octanol–water partition coefficient (Wildman–Crippen LogP) is 0.395. The molecule has 2 aromatic carbocycles. The highest BCUT2D eigenvalue weighted by Crippen LogP contribution is 2.52. The van der Waals surface area contributed by atoms with E-state index in [9.17, 15) is 48.6 Å². The standard InChI is InChI=1S/C74H103F2N17O15/c1-41(94)85-55-22-23-62(96)80-27-9-14-53(65(78)100)87-72(107)61-15-10-28-93(61)73(108)60(29-42-16-19-49(95)20-17-42)92-70(105)58(34-48-38-79-40-83-48)90-71(106)59(35-64(98)99)91-69(104)57(31-44-37-84-74(25-24-47(76)33-51(44)74)45-11-5-3-2-4-6-12-45)89-68(103)56(30-43-36-81-52-21-18-46(75)32-50(43)52)86-63(97)39-82-66(101)54(88-67(55)102)13-7-8-26-77/h16-21,32,36,38,40,44-45,47,51,53-61,81,84,95H,2-15,22-31,33-35,37,39,77H2,1H3,(H2,78,100)(H,79,83)(H,80,96)(H,82,101)(H,85,94)(H,86,97)(H,87,107)(H,88,102)(H,89,103)(H,90,106)(H,91,104)(H,92,105)(H,98,99)/t44?,47?,51?,53-,54-,55-,56-,57-,58-,59-,60-,61-,74?/m0/s1. The Morgan fingerprint density at radius 1 is 0.685 bits per heavy atom. The highest BCUT2D eigenvalue weighted by atomic mass is 19.1. The fourth-order valence-electron chi connectivity index (χ4n) is 16.0. The zero-order valence-electron chi connectivity index (χ0n) is 60.8. The van der Waals surface area contributed by atoms with Gasteiger partial charge in [0.2, 0.25) is 70.9 Å². The molecule has 0 spiro atoms. The Morgan fingerprint density at radius 2 is 1.37 bits per heavy atom. The normalized spacial score (nSPS) is 28.1. The van der Waals surface area contributed by atoms with Gasteiger partial charge in [0, 0.05) is 80.2 Å². The lowest BCUT2D eigenvalue weighted by atomic mass is 9.61. The summed E-state index contributed by atoms with van der Waals surface area (Å²) in [6.45, 7) is 0.702. The van der Waals surface area contributed by atoms with Crippen molar-refractivity contribution in [3.8, 4) is 5.75 Å². The van der Waals surface area contributed by atoms with Crippen LogP contribution in [0, 0.1) is 23.6 Å². The molecule has 588 valence electrons. The monoisotopic (exact) mass is 1510 g/mol. The first-order chi connectivity index (χ1) is 51.8. The van der Waals surface area contributed by atoms with Gasteiger partial charge in [0.15, 0.2) is 0 Å². The first-order valence-corrected chi connectivity index (χ1v) is 37.6. The molecule has 19 N–H and O–H groups in total. The van der Waals surface area contributed by atoms with Gasteiger partial charge in [-0.3, -0.25) is 62.3 Å². The summed E-state index contributed by atoms with van der Waals surface area (Å²) in [6, 6.07) is -4.33. The number of benzene rings is 2. The number of nitrogens with one attached hydrogen (secondary N) is 13. The maximum atomic E-state index is 16.1. The molecule has 5 heterocycles. The quantitative estimate of drug-likeness (QED) is 0.0636. The fraction of sp³-hybridized carbons (Fsp3) is 0.595. The van der Waals surface area contributed by atoms with Crippen LogP contribution in [0.2, 0.25) is 0 Å². The molecule has 4 aromatic rings. The van der Waals surface area contributed by atoms with Gasteiger partial charge in [-0.25, -0.2) is 13.8 Å². The number of fused-ring (bicyclic) bond motifs is 3. The van der Waals surface area contributed by atoms with Crippen molar-refractivity contribution in [3.05, 3.63) is 83.8 Å². The van der Waals surface area contributed by atoms with E-state index < -0.39 is 174 Å². The van der Waals surface area contributed by atoms with E-state index in [4.69, 9.17) is 11.5 Å². The van der Waals surface area contributed by atoms with Crippen LogP contribution in [0.5, 0.6) is 5.75 Å². The number of phenolic OH excluding ortho intramolecular Hbond substituents is 1. The van der Waals surface area contributed by atoms with Crippen molar-refractivity contribution in [2.45, 2.75) is 227 Å². The number of carbonyl (C=O) groups excluding carboxylic acids is 12. The van der Waals surface area contributed by atoms with E-state index in [1.807, 2.05) is 0 Å². The van der Waals surface area contributed by atoms with E-state index in [0.29, 0.717) is 34.9 Å². The summed E-state index contributed by atoms with van der Waals surface area (Å²) in [5, 5.41) is 51.1. The summed E-state index contributed by atoms with van der Waals surface area (Å²) < 4.78 is 31.2. The number of imidazole rings is 1. The fourth-order valence-corrected chi connectivity index (χ4v) is 16.0. The molecule has 3 aliphatic heterocycles. The number of H-pyrrole nitrogens is 2. The number of aliphatic carboxylic acids is 1. The number of carboxylic acids is 1. The Hall–Kier alpha value is -10.1. The first kappa shape index (κ1) is 81.9. The van der Waals surface area contributed by atoms with Gasteiger partial charge in [-0.2, -0.15) is 0 Å². The third kappa shape index (κ3) is 22.7. The molecule has 0 radical (unpaired) electrons. The number of aromatic amines is 2. The molecule has 2 aliphatic carbocycles. The molecule has 32 nitrogen and oxygen atoms in total. The molecule has 3 saturated heterocycles. The average molecular weight is 1510 g/mol. The van der Waals surface area contributed by atoms with Crippen LogP contribution in [0.25, 0.3) is 10.9 Å². The van der Waals surface area contributed by atoms with Crippen molar-refractivity contribution in [2.75, 3.05) is 32.7 Å². The van der Waals surface area contributed by atoms with E-state index in [1.54, 1.807) is 0 Å². The van der Waals surface area contributed by atoms with Gasteiger partial charge in [-0.05, 0) is 162 Å². The van der Waals surface area contributed by atoms with E-state index in [0.717, 1.165) is 51.9 Å². The molecule has 2 aromatic heterocycles. The minimum atomic E-state index is -2.03. The largest absolute Gasteiger partial charge is 0.508 e. The second-order valence-electron chi connectivity index (χ2n) is 29.3. The van der Waals surface area contributed by atoms with Gasteiger partial charge in [0.1, 0.15) is 72.1 Å². The average Bonchev–Trinajstić information content (AvgIpc) is 1.58. The van der Waals surface area contributed by atoms with Gasteiger partial charge < -0.3 is 95.0 Å². The highest BCUT2D eigenvalue weighted by molar-refractivity contribution is 6.00. The second kappa shape index (κ2) is 39.1. The number of phenols is 1. The zero-order chi connectivity index (χ0) is 77.6. The Morgan fingerprint density at radius 3 is 2.07 bits per heavy atom. The van der Waals surface area contributed by atoms with Crippen LogP contribution in [0.1, 0.15) is 159 Å². The molecule has 0 bridgehead atoms. The number of aromatic nitrogens is 3. The number of nitrogens with zero attached hydrogens (tertiary/aromatic N) is 2. The molecule has 34 heteroatoms. The first-order valence-electron chi connectivity index (χ1n) is 37.6. The summed E-state index contributed by atoms with van der Waals surface area (Å²) in [7, 11) is 0. The number of carboxylic acid groups (broad SMARTS) is 1. The van der Waals surface area contributed by atoms with Gasteiger partial charge in [0.05, 0.1) is 19.3 Å². The van der Waals surface area contributed by atoms with Crippen LogP contribution in [0.15, 0.2) is 61.2 Å². The number of aromatic hydroxyl groups is 1. The van der Waals surface area contributed by atoms with Crippen molar-refractivity contribution in [1.82, 2.24) is 78.3 Å². The molecule has 4 unspecified atom stereocenters. The second-order valence-corrected chi connectivity index (χ2v) is 29.3. The van der Waals surface area contributed by atoms with Crippen LogP contribution in [-0.4, -0.2) is 206 Å². The number of nitrogens with two attached hydrogens (primary N) is 2. The molecular weight excluding hydrogens is 1400 g/mol. The number of amides is 12. The predicted molar refractivity (Wildman–Crippen MR) is 388 cm³/mol. The lowest BCUT2D eigenvalue weighted by Gasteiger charge is -2.48. The molecular formula is C74H103F2N17O15. The van der Waals surface area contributed by atoms with Gasteiger partial charge in [0.25, 0.3) is 0 Å². The van der Waals surface area contributed by atoms with Crippen LogP contribution >= 0.6 is 0 Å². The summed E-state index contributed by atoms with van der Waals surface area (Å²) >= 11 is 0. The summed E-state index contributed by atoms with van der Waals surface area (Å²) in [4.78, 5) is 196. The lowest BCUT2D eigenvalue weighted by Crippen LogP contribution is -2.61. The van der Waals surface area contributed by atoms with Crippen LogP contribution in [0.4, 0.5) is 8.78 Å². The molecule has 5 fully saturated rings. The van der Waals surface area contributed by atoms with Gasteiger partial charge in [-0.15, -0.1) is 0 Å². The molecule has 13 atom stereocenters. The Kier molecular flexibility index (Phi) is 29.7. The van der Waals surface area contributed by atoms with Crippen molar-refractivity contribution in [3.63, 3.8) is 0 Å². The molecule has 108 heavy (non-hydrogen) atoms. The minimum absolute atomic E-state index is 0.0100. The van der Waals surface area contributed by atoms with E-state index in [-0.39, 0.29) is 133 Å². The van der Waals surface area contributed by atoms with E-state index >= 15 is 32.8 Å². The number of hydrogen-bond acceptors (Lipinski definition) is 17. The van der Waals surface area contributed by atoms with Crippen molar-refractivity contribution < 1.29 is 81.3 Å². The number of carbonyl (C=O) groups is 13. The Balaban J connectivity index is 1.09. The van der Waals surface area contributed by atoms with E-state index in [2.05, 4.69) is 73.4 Å². The van der Waals surface area contributed by atoms with Crippen molar-refractivity contribution >= 4 is 87.8 Å². The number of hydrogen-bond donors (Lipinski definition) is 17. The highest BCUT2D eigenvalue weighted by Gasteiger charge is 2.55. The Labute approximate surface area is 623 Å². The summed E-state index contributed by atoms with van der Waals surface area (Å²) in [6.07, 6.45) is 8.63. The van der Waals surface area contributed by atoms with E-state index in [1.165, 1.54) is 66.1 Å². The topological polar surface area (TPSA) is 494 Å². The lowest BCUT2D eigenvalue weighted by molar-refractivity contribution is -0.143. The number of halogens is 2. The SMILES string of the molecule is CC(=O)N[C@H]1CCC(=O)NCCC[C@@H](C(N)=O)NC(=O)[C@@H]2CCCN2C(=O)[C@H](Cc2ccc(O)cc2)NC(=O)[C@H](Cc2cnc[nH]2)NC(=O)[C@H](CC(=O)O)NC(=O)[C@H](CC2CNC3(C4CCCCCCC4)CCC(F)CC23)NC(=O)[C@H](Cc2c[nH]c3ccc(F)cc23)NC(=O)CNC(=O)[C@H](CCCCN)NC1=O. The molecule has 2 saturated carbocycles. The Bertz CT molecular complexity index is 3840. The third-order valence-corrected chi connectivity index (χ3v) is 21.6. The van der Waals surface area contributed by atoms with Crippen LogP contribution in [0.3, 0.4) is 0 Å². The number of alkyl halides is 1. The maximum Gasteiger partial charge on any atom is 0.305 e. The molecule has 12 amide bonds. The number of unbranched alkanes of at least 4 members (excludes halogenated alkanes) is 1.